The molecular weight excluding hydrogens is 292 g/mol. The number of nitrogens with one attached hydrogen (secondary N) is 1. The van der Waals surface area contributed by atoms with E-state index in [0.717, 1.165) is 32.6 Å². The third-order valence-corrected chi connectivity index (χ3v) is 3.36. The van der Waals surface area contributed by atoms with E-state index in [1.165, 1.54) is 11.0 Å². The summed E-state index contributed by atoms with van der Waals surface area (Å²) in [4.78, 5) is 14.6. The number of para-hydroxylation sites is 1. The number of carbonyl (C=O) groups is 1. The van der Waals surface area contributed by atoms with E-state index in [9.17, 15) is 4.79 Å². The minimum Gasteiger partial charge on any atom is -0.337 e. The summed E-state index contributed by atoms with van der Waals surface area (Å²) in [5.41, 5.74) is 1.33. The zero-order valence-corrected chi connectivity index (χ0v) is 12.3. The van der Waals surface area contributed by atoms with Crippen molar-refractivity contribution in [1.82, 2.24) is 30.4 Å². The van der Waals surface area contributed by atoms with Crippen molar-refractivity contribution >= 4 is 18.3 Å². The number of carbonyl (C=O) groups excluding carboxylic acids is 1. The third-order valence-electron chi connectivity index (χ3n) is 3.36. The Balaban J connectivity index is 0.00000161. The van der Waals surface area contributed by atoms with Crippen LogP contribution in [0, 0.1) is 0 Å². The highest BCUT2D eigenvalue weighted by atomic mass is 35.5. The molecule has 0 spiro atoms. The van der Waals surface area contributed by atoms with Gasteiger partial charge in [0.15, 0.2) is 0 Å². The lowest BCUT2D eigenvalue weighted by Crippen LogP contribution is -2.34. The fourth-order valence-electron chi connectivity index (χ4n) is 2.35. The maximum Gasteiger partial charge on any atom is 0.256 e. The van der Waals surface area contributed by atoms with Gasteiger partial charge in [0, 0.05) is 19.6 Å². The maximum absolute atomic E-state index is 12.7. The van der Waals surface area contributed by atoms with Crippen molar-refractivity contribution in [2.24, 2.45) is 0 Å². The molecule has 1 aromatic carbocycles. The summed E-state index contributed by atoms with van der Waals surface area (Å²) in [7, 11) is 0. The van der Waals surface area contributed by atoms with Crippen molar-refractivity contribution in [3.8, 4) is 5.69 Å². The predicted octanol–water partition coefficient (Wildman–Crippen LogP) is 0.520. The van der Waals surface area contributed by atoms with Gasteiger partial charge in [0.05, 0.1) is 11.3 Å². The average molecular weight is 309 g/mol. The number of tetrazole rings is 1. The second kappa shape index (κ2) is 7.14. The summed E-state index contributed by atoms with van der Waals surface area (Å²) in [5.74, 6) is 0.0276. The Hall–Kier alpha value is -1.99. The van der Waals surface area contributed by atoms with Gasteiger partial charge in [-0.1, -0.05) is 12.1 Å². The van der Waals surface area contributed by atoms with Crippen molar-refractivity contribution in [3.63, 3.8) is 0 Å². The fraction of sp³-hybridized carbons (Fsp3) is 0.385. The Morgan fingerprint density at radius 1 is 1.19 bits per heavy atom. The smallest absolute Gasteiger partial charge is 0.256 e. The largest absolute Gasteiger partial charge is 0.337 e. The van der Waals surface area contributed by atoms with Gasteiger partial charge < -0.3 is 10.2 Å². The lowest BCUT2D eigenvalue weighted by atomic mass is 10.1. The lowest BCUT2D eigenvalue weighted by Gasteiger charge is -2.21. The normalized spacial score (nSPS) is 15.1. The van der Waals surface area contributed by atoms with E-state index < -0.39 is 0 Å². The van der Waals surface area contributed by atoms with Crippen LogP contribution in [0.4, 0.5) is 0 Å². The van der Waals surface area contributed by atoms with Crippen LogP contribution in [-0.2, 0) is 0 Å². The lowest BCUT2D eigenvalue weighted by molar-refractivity contribution is 0.0766. The number of hydrogen-bond donors (Lipinski definition) is 1. The minimum atomic E-state index is 0. The first kappa shape index (κ1) is 15.4. The molecule has 0 bridgehead atoms. The number of aromatic nitrogens is 4. The van der Waals surface area contributed by atoms with Crippen LogP contribution in [0.15, 0.2) is 30.6 Å². The topological polar surface area (TPSA) is 75.9 Å². The van der Waals surface area contributed by atoms with Crippen molar-refractivity contribution in [1.29, 1.82) is 0 Å². The highest BCUT2D eigenvalue weighted by molar-refractivity contribution is 5.97. The summed E-state index contributed by atoms with van der Waals surface area (Å²) in [6, 6.07) is 7.40. The standard InChI is InChI=1S/C13H16N6O.ClH/c20-13(18-8-3-6-14-7-9-18)11-4-1-2-5-12(11)19-10-15-16-17-19;/h1-2,4-5,10,14H,3,6-9H2;1H. The van der Waals surface area contributed by atoms with Gasteiger partial charge >= 0.3 is 0 Å². The molecule has 1 amide bonds. The highest BCUT2D eigenvalue weighted by Crippen LogP contribution is 2.15. The average Bonchev–Trinajstić information content (AvgIpc) is 2.89. The van der Waals surface area contributed by atoms with Gasteiger partial charge in [0.1, 0.15) is 6.33 Å². The molecule has 1 aliphatic rings. The number of nitrogens with zero attached hydrogens (tertiary/aromatic N) is 5. The molecule has 0 atom stereocenters. The van der Waals surface area contributed by atoms with Gasteiger partial charge in [-0.15, -0.1) is 17.5 Å². The summed E-state index contributed by atoms with van der Waals surface area (Å²) in [6.45, 7) is 3.29. The molecular formula is C13H17ClN6O. The van der Waals surface area contributed by atoms with Gasteiger partial charge in [0.2, 0.25) is 0 Å². The molecule has 3 rings (SSSR count). The number of amides is 1. The van der Waals surface area contributed by atoms with Gasteiger partial charge in [-0.3, -0.25) is 4.79 Å². The number of hydrogen-bond acceptors (Lipinski definition) is 5. The first-order valence-electron chi connectivity index (χ1n) is 6.68. The second-order valence-corrected chi connectivity index (χ2v) is 4.67. The highest BCUT2D eigenvalue weighted by Gasteiger charge is 2.20. The first-order chi connectivity index (χ1) is 9.86. The SMILES string of the molecule is Cl.O=C(c1ccccc1-n1cnnn1)N1CCCNCC1. The van der Waals surface area contributed by atoms with E-state index in [-0.39, 0.29) is 18.3 Å². The molecule has 21 heavy (non-hydrogen) atoms. The summed E-state index contributed by atoms with van der Waals surface area (Å²) in [6.07, 6.45) is 2.47. The Labute approximate surface area is 128 Å². The van der Waals surface area contributed by atoms with E-state index in [2.05, 4.69) is 20.8 Å². The van der Waals surface area contributed by atoms with E-state index in [1.54, 1.807) is 0 Å². The molecule has 1 fully saturated rings. The van der Waals surface area contributed by atoms with Crippen LogP contribution < -0.4 is 5.32 Å². The zero-order chi connectivity index (χ0) is 13.8. The molecule has 0 saturated carbocycles. The van der Waals surface area contributed by atoms with E-state index in [4.69, 9.17) is 0 Å². The maximum atomic E-state index is 12.7. The summed E-state index contributed by atoms with van der Waals surface area (Å²) >= 11 is 0. The molecule has 0 unspecified atom stereocenters. The number of halogens is 1. The molecule has 1 saturated heterocycles. The van der Waals surface area contributed by atoms with Gasteiger partial charge in [-0.2, -0.15) is 4.68 Å². The second-order valence-electron chi connectivity index (χ2n) is 4.67. The molecule has 8 heteroatoms. The van der Waals surface area contributed by atoms with Crippen molar-refractivity contribution in [2.75, 3.05) is 26.2 Å². The summed E-state index contributed by atoms with van der Waals surface area (Å²) in [5, 5.41) is 14.4. The quantitative estimate of drug-likeness (QED) is 0.875. The molecule has 2 heterocycles. The molecule has 2 aromatic rings. The molecule has 7 nitrogen and oxygen atoms in total. The molecule has 0 radical (unpaired) electrons. The minimum absolute atomic E-state index is 0. The van der Waals surface area contributed by atoms with Crippen LogP contribution in [0.25, 0.3) is 5.69 Å². The Bertz CT molecular complexity index is 580. The summed E-state index contributed by atoms with van der Waals surface area (Å²) < 4.78 is 1.52. The first-order valence-corrected chi connectivity index (χ1v) is 6.68. The monoisotopic (exact) mass is 308 g/mol. The van der Waals surface area contributed by atoms with Crippen LogP contribution in [0.3, 0.4) is 0 Å². The fourth-order valence-corrected chi connectivity index (χ4v) is 2.35. The van der Waals surface area contributed by atoms with Crippen LogP contribution in [0.2, 0.25) is 0 Å². The van der Waals surface area contributed by atoms with Crippen LogP contribution in [0.1, 0.15) is 16.8 Å². The Morgan fingerprint density at radius 3 is 2.86 bits per heavy atom. The van der Waals surface area contributed by atoms with Gasteiger partial charge in [-0.05, 0) is 35.5 Å². The van der Waals surface area contributed by atoms with Gasteiger partial charge in [0.25, 0.3) is 5.91 Å². The molecule has 1 N–H and O–H groups in total. The third kappa shape index (κ3) is 3.37. The van der Waals surface area contributed by atoms with Crippen molar-refractivity contribution in [3.05, 3.63) is 36.2 Å². The van der Waals surface area contributed by atoms with E-state index >= 15 is 0 Å². The zero-order valence-electron chi connectivity index (χ0n) is 11.5. The van der Waals surface area contributed by atoms with Crippen LogP contribution in [-0.4, -0.2) is 57.2 Å². The van der Waals surface area contributed by atoms with Crippen LogP contribution in [0.5, 0.6) is 0 Å². The molecule has 0 aliphatic carbocycles. The van der Waals surface area contributed by atoms with Crippen LogP contribution >= 0.6 is 12.4 Å². The Kier molecular flexibility index (Phi) is 5.24. The molecule has 112 valence electrons. The van der Waals surface area contributed by atoms with Crippen molar-refractivity contribution in [2.45, 2.75) is 6.42 Å². The predicted molar refractivity (Wildman–Crippen MR) is 79.8 cm³/mol. The molecule has 1 aliphatic heterocycles. The van der Waals surface area contributed by atoms with Crippen molar-refractivity contribution < 1.29 is 4.79 Å². The molecule has 1 aromatic heterocycles. The number of benzene rings is 1. The van der Waals surface area contributed by atoms with Gasteiger partial charge in [-0.25, -0.2) is 0 Å². The van der Waals surface area contributed by atoms with E-state index in [0.29, 0.717) is 11.3 Å². The number of rotatable bonds is 2. The van der Waals surface area contributed by atoms with E-state index in [1.807, 2.05) is 29.2 Å². The Morgan fingerprint density at radius 2 is 2.05 bits per heavy atom.